The summed E-state index contributed by atoms with van der Waals surface area (Å²) in [5.74, 6) is -0.0502. The van der Waals surface area contributed by atoms with Crippen molar-refractivity contribution in [3.05, 3.63) is 35.4 Å². The number of halogens is 1. The summed E-state index contributed by atoms with van der Waals surface area (Å²) in [6, 6.07) is 7.51. The van der Waals surface area contributed by atoms with Gasteiger partial charge in [0, 0.05) is 70.5 Å². The molecule has 0 radical (unpaired) electrons. The number of hydrogen-bond acceptors (Lipinski definition) is 4. The van der Waals surface area contributed by atoms with Crippen LogP contribution in [0, 0.1) is 0 Å². The van der Waals surface area contributed by atoms with Crippen LogP contribution in [-0.2, 0) is 0 Å². The number of amides is 2. The van der Waals surface area contributed by atoms with E-state index in [2.05, 4.69) is 10.2 Å². The maximum absolute atomic E-state index is 12.8. The molecular formula is C18H27ClN4O2. The van der Waals surface area contributed by atoms with Gasteiger partial charge in [-0.25, -0.2) is 0 Å². The molecule has 0 spiro atoms. The summed E-state index contributed by atoms with van der Waals surface area (Å²) in [4.78, 5) is 30.8. The lowest BCUT2D eigenvalue weighted by atomic mass is 10.1. The Labute approximate surface area is 155 Å². The average Bonchev–Trinajstić information content (AvgIpc) is 3.11. The first-order valence-electron chi connectivity index (χ1n) is 8.62. The normalized spacial score (nSPS) is 20.9. The van der Waals surface area contributed by atoms with Crippen LogP contribution in [0.5, 0.6) is 0 Å². The van der Waals surface area contributed by atoms with E-state index in [0.717, 1.165) is 45.7 Å². The molecule has 2 aliphatic rings. The Morgan fingerprint density at radius 1 is 1.12 bits per heavy atom. The van der Waals surface area contributed by atoms with Gasteiger partial charge in [-0.15, -0.1) is 12.4 Å². The molecular weight excluding hydrogens is 340 g/mol. The molecule has 1 atom stereocenters. The fourth-order valence-corrected chi connectivity index (χ4v) is 3.50. The van der Waals surface area contributed by atoms with Gasteiger partial charge in [0.05, 0.1) is 0 Å². The Kier molecular flexibility index (Phi) is 6.81. The predicted molar refractivity (Wildman–Crippen MR) is 100 cm³/mol. The third-order valence-electron chi connectivity index (χ3n) is 4.88. The van der Waals surface area contributed by atoms with E-state index in [1.807, 2.05) is 4.90 Å². The summed E-state index contributed by atoms with van der Waals surface area (Å²) >= 11 is 0. The Morgan fingerprint density at radius 2 is 1.80 bits per heavy atom. The van der Waals surface area contributed by atoms with Gasteiger partial charge in [0.2, 0.25) is 0 Å². The number of rotatable bonds is 3. The van der Waals surface area contributed by atoms with E-state index >= 15 is 0 Å². The van der Waals surface area contributed by atoms with Crippen molar-refractivity contribution < 1.29 is 9.59 Å². The van der Waals surface area contributed by atoms with Crippen LogP contribution in [0.25, 0.3) is 0 Å². The SMILES string of the molecule is CN(C)C(=O)c1cccc(C(=O)N2CCC(N3CCNCC3)C2)c1.Cl. The maximum Gasteiger partial charge on any atom is 0.253 e. The summed E-state index contributed by atoms with van der Waals surface area (Å²) < 4.78 is 0. The fraction of sp³-hybridized carbons (Fsp3) is 0.556. The van der Waals surface area contributed by atoms with Gasteiger partial charge in [-0.2, -0.15) is 0 Å². The Bertz CT molecular complexity index is 617. The number of piperazine rings is 1. The molecule has 0 aromatic heterocycles. The van der Waals surface area contributed by atoms with E-state index in [9.17, 15) is 9.59 Å². The molecule has 2 heterocycles. The van der Waals surface area contributed by atoms with E-state index in [-0.39, 0.29) is 24.2 Å². The molecule has 25 heavy (non-hydrogen) atoms. The van der Waals surface area contributed by atoms with Gasteiger partial charge in [-0.1, -0.05) is 6.07 Å². The van der Waals surface area contributed by atoms with Crippen LogP contribution >= 0.6 is 12.4 Å². The van der Waals surface area contributed by atoms with Crippen molar-refractivity contribution >= 4 is 24.2 Å². The lowest BCUT2D eigenvalue weighted by Gasteiger charge is -2.32. The summed E-state index contributed by atoms with van der Waals surface area (Å²) in [7, 11) is 3.44. The van der Waals surface area contributed by atoms with Crippen molar-refractivity contribution in [1.29, 1.82) is 0 Å². The molecule has 2 amide bonds. The van der Waals surface area contributed by atoms with Gasteiger partial charge in [0.1, 0.15) is 0 Å². The second kappa shape index (κ2) is 8.65. The van der Waals surface area contributed by atoms with Crippen LogP contribution in [0.15, 0.2) is 24.3 Å². The first-order valence-corrected chi connectivity index (χ1v) is 8.62. The third kappa shape index (κ3) is 4.51. The standard InChI is InChI=1S/C18H26N4O2.ClH/c1-20(2)17(23)14-4-3-5-15(12-14)18(24)22-9-6-16(13-22)21-10-7-19-8-11-21;/h3-5,12,16,19H,6-11,13H2,1-2H3;1H. The quantitative estimate of drug-likeness (QED) is 0.864. The van der Waals surface area contributed by atoms with Crippen molar-refractivity contribution in [2.45, 2.75) is 12.5 Å². The molecule has 2 fully saturated rings. The van der Waals surface area contributed by atoms with Crippen LogP contribution in [0.2, 0.25) is 0 Å². The first-order chi connectivity index (χ1) is 11.6. The number of carbonyl (C=O) groups is 2. The van der Waals surface area contributed by atoms with E-state index in [0.29, 0.717) is 17.2 Å². The number of carbonyl (C=O) groups excluding carboxylic acids is 2. The largest absolute Gasteiger partial charge is 0.345 e. The van der Waals surface area contributed by atoms with Crippen LogP contribution < -0.4 is 5.32 Å². The number of benzene rings is 1. The lowest BCUT2D eigenvalue weighted by molar-refractivity contribution is 0.0773. The smallest absolute Gasteiger partial charge is 0.253 e. The lowest BCUT2D eigenvalue weighted by Crippen LogP contribution is -2.49. The molecule has 0 bridgehead atoms. The molecule has 1 N–H and O–H groups in total. The molecule has 6 nitrogen and oxygen atoms in total. The monoisotopic (exact) mass is 366 g/mol. The number of hydrogen-bond donors (Lipinski definition) is 1. The zero-order valence-electron chi connectivity index (χ0n) is 14.9. The van der Waals surface area contributed by atoms with Gasteiger partial charge in [-0.05, 0) is 24.6 Å². The summed E-state index contributed by atoms with van der Waals surface area (Å²) in [5, 5.41) is 3.37. The Morgan fingerprint density at radius 3 is 2.48 bits per heavy atom. The van der Waals surface area contributed by atoms with Crippen molar-refractivity contribution in [1.82, 2.24) is 20.0 Å². The van der Waals surface area contributed by atoms with Crippen molar-refractivity contribution in [3.63, 3.8) is 0 Å². The van der Waals surface area contributed by atoms with Gasteiger partial charge >= 0.3 is 0 Å². The van der Waals surface area contributed by atoms with E-state index in [1.165, 1.54) is 4.90 Å². The highest BCUT2D eigenvalue weighted by Gasteiger charge is 2.31. The average molecular weight is 367 g/mol. The number of nitrogens with one attached hydrogen (secondary N) is 1. The Balaban J connectivity index is 0.00000225. The highest BCUT2D eigenvalue weighted by atomic mass is 35.5. The first kappa shape index (κ1) is 19.7. The number of likely N-dealkylation sites (tertiary alicyclic amines) is 1. The second-order valence-corrected chi connectivity index (χ2v) is 6.76. The molecule has 2 aliphatic heterocycles. The minimum absolute atomic E-state index is 0. The highest BCUT2D eigenvalue weighted by Crippen LogP contribution is 2.19. The van der Waals surface area contributed by atoms with Crippen LogP contribution in [0.1, 0.15) is 27.1 Å². The molecule has 1 aromatic rings. The van der Waals surface area contributed by atoms with Crippen LogP contribution in [0.3, 0.4) is 0 Å². The molecule has 2 saturated heterocycles. The van der Waals surface area contributed by atoms with Crippen LogP contribution in [0.4, 0.5) is 0 Å². The van der Waals surface area contributed by atoms with Crippen molar-refractivity contribution in [3.8, 4) is 0 Å². The van der Waals surface area contributed by atoms with E-state index in [1.54, 1.807) is 38.4 Å². The second-order valence-electron chi connectivity index (χ2n) is 6.76. The van der Waals surface area contributed by atoms with Gasteiger partial charge in [0.15, 0.2) is 0 Å². The molecule has 1 aromatic carbocycles. The highest BCUT2D eigenvalue weighted by molar-refractivity contribution is 5.99. The summed E-state index contributed by atoms with van der Waals surface area (Å²) in [6.45, 7) is 5.74. The zero-order chi connectivity index (χ0) is 17.1. The molecule has 7 heteroatoms. The zero-order valence-corrected chi connectivity index (χ0v) is 15.7. The van der Waals surface area contributed by atoms with Crippen LogP contribution in [-0.4, -0.2) is 85.9 Å². The van der Waals surface area contributed by atoms with Gasteiger partial charge in [-0.3, -0.25) is 14.5 Å². The molecule has 3 rings (SSSR count). The van der Waals surface area contributed by atoms with Gasteiger partial charge in [0.25, 0.3) is 11.8 Å². The summed E-state index contributed by atoms with van der Waals surface area (Å²) in [5.41, 5.74) is 1.16. The predicted octanol–water partition coefficient (Wildman–Crippen LogP) is 0.930. The molecule has 138 valence electrons. The van der Waals surface area contributed by atoms with E-state index < -0.39 is 0 Å². The number of nitrogens with zero attached hydrogens (tertiary/aromatic N) is 3. The topological polar surface area (TPSA) is 55.9 Å². The maximum atomic E-state index is 12.8. The van der Waals surface area contributed by atoms with Gasteiger partial charge < -0.3 is 15.1 Å². The van der Waals surface area contributed by atoms with Crippen molar-refractivity contribution in [2.24, 2.45) is 0 Å². The Hall–Kier alpha value is -1.63. The van der Waals surface area contributed by atoms with Crippen molar-refractivity contribution in [2.75, 3.05) is 53.4 Å². The third-order valence-corrected chi connectivity index (χ3v) is 4.88. The van der Waals surface area contributed by atoms with E-state index in [4.69, 9.17) is 0 Å². The minimum Gasteiger partial charge on any atom is -0.345 e. The fourth-order valence-electron chi connectivity index (χ4n) is 3.50. The molecule has 0 aliphatic carbocycles. The molecule has 1 unspecified atom stereocenters. The minimum atomic E-state index is -0.0789. The summed E-state index contributed by atoms with van der Waals surface area (Å²) in [6.07, 6.45) is 1.03. The molecule has 0 saturated carbocycles.